The van der Waals surface area contributed by atoms with E-state index in [4.69, 9.17) is 5.11 Å². The molecule has 2 unspecified atom stereocenters. The molecule has 1 rings (SSSR count). The fourth-order valence-corrected chi connectivity index (χ4v) is 1.77. The molecule has 0 aromatic heterocycles. The summed E-state index contributed by atoms with van der Waals surface area (Å²) < 4.78 is 0. The molecule has 1 aliphatic heterocycles. The molecule has 1 saturated heterocycles. The van der Waals surface area contributed by atoms with Crippen molar-refractivity contribution >= 4 is 5.91 Å². The first-order valence-electron chi connectivity index (χ1n) is 5.23. The quantitative estimate of drug-likeness (QED) is 0.660. The van der Waals surface area contributed by atoms with Gasteiger partial charge in [0.2, 0.25) is 0 Å². The molecule has 82 valence electrons. The summed E-state index contributed by atoms with van der Waals surface area (Å²) in [4.78, 5) is 13.2. The van der Waals surface area contributed by atoms with E-state index in [1.54, 1.807) is 4.90 Å². The first kappa shape index (κ1) is 11.5. The third-order valence-corrected chi connectivity index (χ3v) is 2.79. The van der Waals surface area contributed by atoms with Crippen molar-refractivity contribution in [2.75, 3.05) is 19.7 Å². The molecule has 4 heteroatoms. The first-order valence-corrected chi connectivity index (χ1v) is 5.23. The van der Waals surface area contributed by atoms with E-state index in [9.17, 15) is 9.90 Å². The van der Waals surface area contributed by atoms with Gasteiger partial charge in [0.25, 0.3) is 5.91 Å². The summed E-state index contributed by atoms with van der Waals surface area (Å²) >= 11 is 0. The third-order valence-electron chi connectivity index (χ3n) is 2.79. The Balaban J connectivity index is 2.47. The van der Waals surface area contributed by atoms with E-state index in [0.29, 0.717) is 19.0 Å². The smallest absolute Gasteiger partial charge is 0.253 e. The van der Waals surface area contributed by atoms with Crippen LogP contribution in [-0.4, -0.2) is 46.8 Å². The highest BCUT2D eigenvalue weighted by atomic mass is 16.3. The highest BCUT2D eigenvalue weighted by molar-refractivity contribution is 5.80. The maximum absolute atomic E-state index is 11.5. The van der Waals surface area contributed by atoms with Crippen molar-refractivity contribution in [3.63, 3.8) is 0 Å². The fraction of sp³-hybridized carbons (Fsp3) is 0.900. The summed E-state index contributed by atoms with van der Waals surface area (Å²) in [5.41, 5.74) is 0. The van der Waals surface area contributed by atoms with E-state index in [1.807, 2.05) is 0 Å². The van der Waals surface area contributed by atoms with Crippen molar-refractivity contribution in [3.8, 4) is 0 Å². The Morgan fingerprint density at radius 1 is 1.50 bits per heavy atom. The Labute approximate surface area is 84.5 Å². The average Bonchev–Trinajstić information content (AvgIpc) is 2.40. The topological polar surface area (TPSA) is 60.8 Å². The van der Waals surface area contributed by atoms with E-state index in [0.717, 1.165) is 19.3 Å². The molecule has 0 spiro atoms. The number of hydrogen-bond acceptors (Lipinski definition) is 3. The minimum Gasteiger partial charge on any atom is -0.393 e. The van der Waals surface area contributed by atoms with Crippen molar-refractivity contribution in [2.45, 2.75) is 32.3 Å². The number of nitrogens with zero attached hydrogens (tertiary/aromatic N) is 1. The SMILES string of the molecule is CC1CCCN(C(=O)C(O)CO)CC1. The number of carbonyl (C=O) groups is 1. The highest BCUT2D eigenvalue weighted by Crippen LogP contribution is 2.16. The van der Waals surface area contributed by atoms with Crippen LogP contribution in [0.15, 0.2) is 0 Å². The molecule has 0 bridgehead atoms. The lowest BCUT2D eigenvalue weighted by Gasteiger charge is -2.22. The fourth-order valence-electron chi connectivity index (χ4n) is 1.77. The van der Waals surface area contributed by atoms with Crippen LogP contribution in [0, 0.1) is 5.92 Å². The van der Waals surface area contributed by atoms with Gasteiger partial charge in [0.05, 0.1) is 6.61 Å². The van der Waals surface area contributed by atoms with E-state index in [-0.39, 0.29) is 5.91 Å². The Bertz CT molecular complexity index is 196. The molecule has 1 heterocycles. The van der Waals surface area contributed by atoms with Crippen LogP contribution in [0.2, 0.25) is 0 Å². The van der Waals surface area contributed by atoms with Gasteiger partial charge >= 0.3 is 0 Å². The van der Waals surface area contributed by atoms with Crippen LogP contribution in [0.5, 0.6) is 0 Å². The molecule has 2 N–H and O–H groups in total. The summed E-state index contributed by atoms with van der Waals surface area (Å²) in [5.74, 6) is 0.320. The largest absolute Gasteiger partial charge is 0.393 e. The number of hydrogen-bond donors (Lipinski definition) is 2. The van der Waals surface area contributed by atoms with Gasteiger partial charge in [-0.3, -0.25) is 4.79 Å². The standard InChI is InChI=1S/C10H19NO3/c1-8-3-2-5-11(6-4-8)10(14)9(13)7-12/h8-9,12-13H,2-7H2,1H3. The molecule has 0 aromatic carbocycles. The molecule has 0 aromatic rings. The highest BCUT2D eigenvalue weighted by Gasteiger charge is 2.23. The molecular formula is C10H19NO3. The molecule has 0 saturated carbocycles. The lowest BCUT2D eigenvalue weighted by molar-refractivity contribution is -0.142. The van der Waals surface area contributed by atoms with Gasteiger partial charge in [0.1, 0.15) is 0 Å². The molecule has 0 radical (unpaired) electrons. The van der Waals surface area contributed by atoms with Crippen molar-refractivity contribution in [1.29, 1.82) is 0 Å². The van der Waals surface area contributed by atoms with Crippen molar-refractivity contribution in [1.82, 2.24) is 4.90 Å². The number of amides is 1. The summed E-state index contributed by atoms with van der Waals surface area (Å²) in [6.45, 7) is 3.11. The van der Waals surface area contributed by atoms with Gasteiger partial charge in [0.15, 0.2) is 6.10 Å². The molecule has 14 heavy (non-hydrogen) atoms. The summed E-state index contributed by atoms with van der Waals surface area (Å²) in [5, 5.41) is 17.9. The Hall–Kier alpha value is -0.610. The van der Waals surface area contributed by atoms with Gasteiger partial charge in [-0.1, -0.05) is 6.92 Å². The molecule has 1 amide bonds. The van der Waals surface area contributed by atoms with Crippen LogP contribution in [0.1, 0.15) is 26.2 Å². The van der Waals surface area contributed by atoms with Gasteiger partial charge in [-0.15, -0.1) is 0 Å². The second-order valence-corrected chi connectivity index (χ2v) is 4.06. The minimum atomic E-state index is -1.23. The number of likely N-dealkylation sites (tertiary alicyclic amines) is 1. The normalized spacial score (nSPS) is 25.6. The Morgan fingerprint density at radius 3 is 2.86 bits per heavy atom. The van der Waals surface area contributed by atoms with Crippen LogP contribution in [0.25, 0.3) is 0 Å². The number of rotatable bonds is 2. The maximum Gasteiger partial charge on any atom is 0.253 e. The summed E-state index contributed by atoms with van der Waals surface area (Å²) in [6, 6.07) is 0. The van der Waals surface area contributed by atoms with Gasteiger partial charge in [-0.25, -0.2) is 0 Å². The molecule has 1 aliphatic rings. The summed E-state index contributed by atoms with van der Waals surface area (Å²) in [7, 11) is 0. The summed E-state index contributed by atoms with van der Waals surface area (Å²) in [6.07, 6.45) is 1.89. The third kappa shape index (κ3) is 2.96. The predicted molar refractivity (Wildman–Crippen MR) is 52.7 cm³/mol. The van der Waals surface area contributed by atoms with E-state index in [1.165, 1.54) is 0 Å². The number of aliphatic hydroxyl groups is 2. The van der Waals surface area contributed by atoms with Gasteiger partial charge < -0.3 is 15.1 Å². The number of aliphatic hydroxyl groups excluding tert-OH is 2. The second kappa shape index (κ2) is 5.32. The van der Waals surface area contributed by atoms with E-state index >= 15 is 0 Å². The molecular weight excluding hydrogens is 182 g/mol. The monoisotopic (exact) mass is 201 g/mol. The lowest BCUT2D eigenvalue weighted by Crippen LogP contribution is -2.41. The van der Waals surface area contributed by atoms with Crippen molar-refractivity contribution in [2.24, 2.45) is 5.92 Å². The average molecular weight is 201 g/mol. The van der Waals surface area contributed by atoms with Crippen molar-refractivity contribution in [3.05, 3.63) is 0 Å². The van der Waals surface area contributed by atoms with Crippen LogP contribution in [0.4, 0.5) is 0 Å². The minimum absolute atomic E-state index is 0.332. The first-order chi connectivity index (χ1) is 6.65. The van der Waals surface area contributed by atoms with Gasteiger partial charge in [-0.05, 0) is 25.2 Å². The zero-order chi connectivity index (χ0) is 10.6. The zero-order valence-electron chi connectivity index (χ0n) is 8.65. The van der Waals surface area contributed by atoms with Crippen LogP contribution < -0.4 is 0 Å². The van der Waals surface area contributed by atoms with Crippen molar-refractivity contribution < 1.29 is 15.0 Å². The van der Waals surface area contributed by atoms with Gasteiger partial charge in [-0.2, -0.15) is 0 Å². The van der Waals surface area contributed by atoms with Gasteiger partial charge in [0, 0.05) is 13.1 Å². The van der Waals surface area contributed by atoms with Crippen LogP contribution in [0.3, 0.4) is 0 Å². The van der Waals surface area contributed by atoms with E-state index < -0.39 is 12.7 Å². The van der Waals surface area contributed by atoms with E-state index in [2.05, 4.69) is 6.92 Å². The zero-order valence-corrected chi connectivity index (χ0v) is 8.65. The Morgan fingerprint density at radius 2 is 2.21 bits per heavy atom. The molecule has 1 fully saturated rings. The maximum atomic E-state index is 11.5. The van der Waals surface area contributed by atoms with Crippen LogP contribution >= 0.6 is 0 Å². The lowest BCUT2D eigenvalue weighted by atomic mass is 10.0. The Kier molecular flexibility index (Phi) is 4.35. The predicted octanol–water partition coefficient (Wildman–Crippen LogP) is -0.0118. The molecule has 4 nitrogen and oxygen atoms in total. The molecule has 2 atom stereocenters. The second-order valence-electron chi connectivity index (χ2n) is 4.06. The van der Waals surface area contributed by atoms with Crippen LogP contribution in [-0.2, 0) is 4.79 Å². The number of carbonyl (C=O) groups excluding carboxylic acids is 1. The molecule has 0 aliphatic carbocycles.